The zero-order chi connectivity index (χ0) is 26.1. The standard InChI is InChI=1S/C29H24ClN3O3S/c1-18-8-7-10-21(14-18)31-27(34)17-33-28(35)26(37-29(33)36)15-23-19(2)32(25-13-6-4-11-22(23)25)16-20-9-3-5-12-24(20)30/h3-15H,16-17H2,1-2H3,(H,31,34)/b26-15-. The van der Waals surface area contributed by atoms with Crippen molar-refractivity contribution in [2.24, 2.45) is 0 Å². The zero-order valence-corrected chi connectivity index (χ0v) is 21.9. The average Bonchev–Trinajstić information content (AvgIpc) is 3.28. The highest BCUT2D eigenvalue weighted by molar-refractivity contribution is 8.18. The van der Waals surface area contributed by atoms with Crippen LogP contribution in [0.2, 0.25) is 5.02 Å². The van der Waals surface area contributed by atoms with Gasteiger partial charge in [-0.05, 0) is 67.1 Å². The number of halogens is 1. The van der Waals surface area contributed by atoms with E-state index in [-0.39, 0.29) is 11.4 Å². The molecule has 3 amide bonds. The van der Waals surface area contributed by atoms with Crippen molar-refractivity contribution in [1.29, 1.82) is 0 Å². The molecular weight excluding hydrogens is 506 g/mol. The summed E-state index contributed by atoms with van der Waals surface area (Å²) in [4.78, 5) is 39.7. The molecule has 2 heterocycles. The average molecular weight is 530 g/mol. The SMILES string of the molecule is Cc1cccc(NC(=O)CN2C(=O)S/C(=C\c3c(C)n(Cc4ccccc4Cl)c4ccccc34)C2=O)c1. The summed E-state index contributed by atoms with van der Waals surface area (Å²) in [5.41, 5.74) is 5.41. The number of benzene rings is 3. The Labute approximate surface area is 223 Å². The Morgan fingerprint density at radius 3 is 2.54 bits per heavy atom. The molecule has 1 aromatic heterocycles. The molecule has 1 fully saturated rings. The molecule has 0 saturated carbocycles. The van der Waals surface area contributed by atoms with Crippen LogP contribution in [0.4, 0.5) is 10.5 Å². The van der Waals surface area contributed by atoms with E-state index in [2.05, 4.69) is 9.88 Å². The van der Waals surface area contributed by atoms with Gasteiger partial charge in [-0.3, -0.25) is 19.3 Å². The number of nitrogens with zero attached hydrogens (tertiary/aromatic N) is 2. The van der Waals surface area contributed by atoms with Crippen LogP contribution in [0.5, 0.6) is 0 Å². The normalized spacial score (nSPS) is 14.7. The van der Waals surface area contributed by atoms with Crippen LogP contribution in [-0.4, -0.2) is 33.1 Å². The Morgan fingerprint density at radius 1 is 1.00 bits per heavy atom. The lowest BCUT2D eigenvalue weighted by Crippen LogP contribution is -2.36. The third kappa shape index (κ3) is 5.05. The van der Waals surface area contributed by atoms with E-state index in [4.69, 9.17) is 11.6 Å². The van der Waals surface area contributed by atoms with E-state index < -0.39 is 17.1 Å². The molecular formula is C29H24ClN3O3S. The summed E-state index contributed by atoms with van der Waals surface area (Å²) in [7, 11) is 0. The summed E-state index contributed by atoms with van der Waals surface area (Å²) in [5, 5.41) is 3.94. The number of fused-ring (bicyclic) bond motifs is 1. The van der Waals surface area contributed by atoms with E-state index in [0.717, 1.165) is 49.9 Å². The van der Waals surface area contributed by atoms with Crippen molar-refractivity contribution in [3.05, 3.63) is 105 Å². The van der Waals surface area contributed by atoms with Crippen LogP contribution in [0, 0.1) is 13.8 Å². The molecule has 1 saturated heterocycles. The van der Waals surface area contributed by atoms with Crippen LogP contribution in [0.3, 0.4) is 0 Å². The smallest absolute Gasteiger partial charge is 0.294 e. The molecule has 0 bridgehead atoms. The Balaban J connectivity index is 1.42. The van der Waals surface area contributed by atoms with Crippen LogP contribution in [0.15, 0.2) is 77.7 Å². The number of amides is 3. The molecule has 0 radical (unpaired) electrons. The third-order valence-electron chi connectivity index (χ3n) is 6.32. The summed E-state index contributed by atoms with van der Waals surface area (Å²) in [5.74, 6) is -0.904. The lowest BCUT2D eigenvalue weighted by atomic mass is 10.1. The summed E-state index contributed by atoms with van der Waals surface area (Å²) in [6.07, 6.45) is 1.75. The van der Waals surface area contributed by atoms with Gasteiger partial charge in [0.25, 0.3) is 11.1 Å². The number of nitrogens with one attached hydrogen (secondary N) is 1. The number of carbonyl (C=O) groups excluding carboxylic acids is 3. The Kier molecular flexibility index (Phi) is 6.91. The fourth-order valence-electron chi connectivity index (χ4n) is 4.47. The van der Waals surface area contributed by atoms with Crippen molar-refractivity contribution >= 4 is 63.1 Å². The largest absolute Gasteiger partial charge is 0.340 e. The first-order valence-corrected chi connectivity index (χ1v) is 12.9. The topological polar surface area (TPSA) is 71.4 Å². The lowest BCUT2D eigenvalue weighted by molar-refractivity contribution is -0.127. The van der Waals surface area contributed by atoms with E-state index >= 15 is 0 Å². The summed E-state index contributed by atoms with van der Waals surface area (Å²) in [6.45, 7) is 4.14. The molecule has 0 spiro atoms. The number of hydrogen-bond acceptors (Lipinski definition) is 4. The number of aromatic nitrogens is 1. The molecule has 186 valence electrons. The van der Waals surface area contributed by atoms with Crippen molar-refractivity contribution in [3.63, 3.8) is 0 Å². The van der Waals surface area contributed by atoms with Crippen LogP contribution < -0.4 is 5.32 Å². The first-order valence-electron chi connectivity index (χ1n) is 11.7. The summed E-state index contributed by atoms with van der Waals surface area (Å²) >= 11 is 7.27. The minimum absolute atomic E-state index is 0.289. The van der Waals surface area contributed by atoms with Crippen molar-refractivity contribution in [2.75, 3.05) is 11.9 Å². The van der Waals surface area contributed by atoms with Crippen molar-refractivity contribution in [1.82, 2.24) is 9.47 Å². The molecule has 3 aromatic carbocycles. The lowest BCUT2D eigenvalue weighted by Gasteiger charge is -2.12. The van der Waals surface area contributed by atoms with Gasteiger partial charge >= 0.3 is 0 Å². The first kappa shape index (κ1) is 24.9. The van der Waals surface area contributed by atoms with Gasteiger partial charge in [0, 0.05) is 39.4 Å². The number of para-hydroxylation sites is 1. The Bertz CT molecular complexity index is 1590. The van der Waals surface area contributed by atoms with Gasteiger partial charge in [0.15, 0.2) is 0 Å². The predicted octanol–water partition coefficient (Wildman–Crippen LogP) is 6.63. The molecule has 8 heteroatoms. The fraction of sp³-hybridized carbons (Fsp3) is 0.138. The van der Waals surface area contributed by atoms with Gasteiger partial charge in [0.05, 0.1) is 4.91 Å². The fourth-order valence-corrected chi connectivity index (χ4v) is 5.49. The van der Waals surface area contributed by atoms with Crippen LogP contribution in [0.1, 0.15) is 22.4 Å². The second kappa shape index (κ2) is 10.3. The highest BCUT2D eigenvalue weighted by Crippen LogP contribution is 2.36. The summed E-state index contributed by atoms with van der Waals surface area (Å²) in [6, 6.07) is 23.0. The molecule has 0 unspecified atom stereocenters. The monoisotopic (exact) mass is 529 g/mol. The van der Waals surface area contributed by atoms with Gasteiger partial charge in [0.2, 0.25) is 5.91 Å². The predicted molar refractivity (Wildman–Crippen MR) is 150 cm³/mol. The molecule has 5 rings (SSSR count). The van der Waals surface area contributed by atoms with Crippen LogP contribution in [0.25, 0.3) is 17.0 Å². The minimum atomic E-state index is -0.475. The maximum atomic E-state index is 13.2. The molecule has 4 aromatic rings. The number of imide groups is 1. The van der Waals surface area contributed by atoms with Crippen molar-refractivity contribution in [3.8, 4) is 0 Å². The number of hydrogen-bond donors (Lipinski definition) is 1. The number of carbonyl (C=O) groups is 3. The molecule has 1 aliphatic heterocycles. The quantitative estimate of drug-likeness (QED) is 0.284. The minimum Gasteiger partial charge on any atom is -0.340 e. The second-order valence-electron chi connectivity index (χ2n) is 8.88. The molecule has 1 aliphatic rings. The molecule has 1 N–H and O–H groups in total. The zero-order valence-electron chi connectivity index (χ0n) is 20.3. The Morgan fingerprint density at radius 2 is 1.76 bits per heavy atom. The van der Waals surface area contributed by atoms with Gasteiger partial charge in [-0.2, -0.15) is 0 Å². The van der Waals surface area contributed by atoms with Gasteiger partial charge in [-0.15, -0.1) is 0 Å². The van der Waals surface area contributed by atoms with Crippen LogP contribution >= 0.6 is 23.4 Å². The number of aryl methyl sites for hydroxylation is 1. The highest BCUT2D eigenvalue weighted by atomic mass is 35.5. The maximum Gasteiger partial charge on any atom is 0.294 e. The van der Waals surface area contributed by atoms with Gasteiger partial charge in [-0.1, -0.05) is 60.1 Å². The number of anilines is 1. The summed E-state index contributed by atoms with van der Waals surface area (Å²) < 4.78 is 2.15. The molecule has 0 atom stereocenters. The van der Waals surface area contributed by atoms with E-state index in [9.17, 15) is 14.4 Å². The van der Waals surface area contributed by atoms with E-state index in [1.807, 2.05) is 80.6 Å². The maximum absolute atomic E-state index is 13.2. The van der Waals surface area contributed by atoms with E-state index in [1.165, 1.54) is 0 Å². The second-order valence-corrected chi connectivity index (χ2v) is 10.3. The van der Waals surface area contributed by atoms with E-state index in [1.54, 1.807) is 12.1 Å². The van der Waals surface area contributed by atoms with Gasteiger partial charge in [-0.25, -0.2) is 0 Å². The number of rotatable bonds is 6. The van der Waals surface area contributed by atoms with Gasteiger partial charge < -0.3 is 9.88 Å². The molecule has 0 aliphatic carbocycles. The van der Waals surface area contributed by atoms with Gasteiger partial charge in [0.1, 0.15) is 6.54 Å². The molecule has 37 heavy (non-hydrogen) atoms. The van der Waals surface area contributed by atoms with Crippen molar-refractivity contribution < 1.29 is 14.4 Å². The van der Waals surface area contributed by atoms with E-state index in [0.29, 0.717) is 17.3 Å². The third-order valence-corrected chi connectivity index (χ3v) is 7.59. The first-order chi connectivity index (χ1) is 17.8. The highest BCUT2D eigenvalue weighted by Gasteiger charge is 2.36. The van der Waals surface area contributed by atoms with Crippen LogP contribution in [-0.2, 0) is 16.1 Å². The Hall–Kier alpha value is -3.81. The molecule has 6 nitrogen and oxygen atoms in total. The van der Waals surface area contributed by atoms with Crippen molar-refractivity contribution in [2.45, 2.75) is 20.4 Å². The number of thioether (sulfide) groups is 1.